The number of hydrogen-bond donors (Lipinski definition) is 3. The molecule has 0 aliphatic heterocycles. The highest BCUT2D eigenvalue weighted by atomic mass is 32.2. The van der Waals surface area contributed by atoms with E-state index in [0.29, 0.717) is 28.3 Å². The van der Waals surface area contributed by atoms with Gasteiger partial charge in [-0.25, -0.2) is 0 Å². The van der Waals surface area contributed by atoms with Gasteiger partial charge in [0.2, 0.25) is 5.91 Å². The molecule has 8 nitrogen and oxygen atoms in total. The molecule has 0 heterocycles. The van der Waals surface area contributed by atoms with E-state index in [4.69, 9.17) is 9.47 Å². The van der Waals surface area contributed by atoms with Gasteiger partial charge in [0.25, 0.3) is 11.8 Å². The van der Waals surface area contributed by atoms with E-state index < -0.39 is 11.8 Å². The van der Waals surface area contributed by atoms with Crippen molar-refractivity contribution in [1.29, 1.82) is 0 Å². The number of nitrogens with one attached hydrogen (secondary N) is 3. The number of aryl methyl sites for hydroxylation is 2. The van der Waals surface area contributed by atoms with E-state index in [0.717, 1.165) is 21.7 Å². The summed E-state index contributed by atoms with van der Waals surface area (Å²) in [5.74, 6) is -0.0173. The Morgan fingerprint density at radius 1 is 0.814 bits per heavy atom. The summed E-state index contributed by atoms with van der Waals surface area (Å²) in [4.78, 5) is 40.0. The van der Waals surface area contributed by atoms with Crippen LogP contribution in [0.15, 0.2) is 102 Å². The number of carbonyl (C=O) groups is 3. The van der Waals surface area contributed by atoms with Crippen molar-refractivity contribution in [3.8, 4) is 11.5 Å². The maximum atomic E-state index is 13.5. The zero-order valence-electron chi connectivity index (χ0n) is 24.4. The molecule has 4 aromatic carbocycles. The number of benzene rings is 4. The number of ether oxygens (including phenoxy) is 2. The van der Waals surface area contributed by atoms with Gasteiger partial charge in [-0.15, -0.1) is 11.8 Å². The van der Waals surface area contributed by atoms with Crippen LogP contribution in [-0.4, -0.2) is 37.7 Å². The second kappa shape index (κ2) is 14.7. The normalized spacial score (nSPS) is 10.9. The van der Waals surface area contributed by atoms with Gasteiger partial charge in [0.1, 0.15) is 5.70 Å². The van der Waals surface area contributed by atoms with Gasteiger partial charge in [0.15, 0.2) is 11.5 Å². The van der Waals surface area contributed by atoms with Crippen molar-refractivity contribution in [2.45, 2.75) is 18.7 Å². The molecule has 4 rings (SSSR count). The molecule has 0 saturated carbocycles. The Kier molecular flexibility index (Phi) is 10.6. The van der Waals surface area contributed by atoms with E-state index in [1.165, 1.54) is 32.1 Å². The van der Waals surface area contributed by atoms with Crippen LogP contribution in [0.2, 0.25) is 0 Å². The first-order valence-corrected chi connectivity index (χ1v) is 14.5. The molecule has 4 aromatic rings. The van der Waals surface area contributed by atoms with E-state index >= 15 is 0 Å². The monoisotopic (exact) mass is 595 g/mol. The van der Waals surface area contributed by atoms with Crippen LogP contribution in [0.4, 0.5) is 11.4 Å². The van der Waals surface area contributed by atoms with Crippen LogP contribution >= 0.6 is 11.8 Å². The van der Waals surface area contributed by atoms with E-state index in [1.807, 2.05) is 38.1 Å². The quantitative estimate of drug-likeness (QED) is 0.136. The number of thioether (sulfide) groups is 1. The summed E-state index contributed by atoms with van der Waals surface area (Å²) in [5, 5.41) is 8.54. The lowest BCUT2D eigenvalue weighted by Crippen LogP contribution is -2.30. The number of rotatable bonds is 11. The lowest BCUT2D eigenvalue weighted by atomic mass is 10.1. The first-order chi connectivity index (χ1) is 20.8. The molecular weight excluding hydrogens is 562 g/mol. The number of amides is 3. The Balaban J connectivity index is 1.51. The summed E-state index contributed by atoms with van der Waals surface area (Å²) < 4.78 is 10.9. The predicted molar refractivity (Wildman–Crippen MR) is 172 cm³/mol. The van der Waals surface area contributed by atoms with Gasteiger partial charge in [0, 0.05) is 27.4 Å². The molecule has 9 heteroatoms. The van der Waals surface area contributed by atoms with Crippen molar-refractivity contribution < 1.29 is 23.9 Å². The predicted octanol–water partition coefficient (Wildman–Crippen LogP) is 6.46. The summed E-state index contributed by atoms with van der Waals surface area (Å²) in [6, 6.07) is 26.9. The summed E-state index contributed by atoms with van der Waals surface area (Å²) in [6.45, 7) is 3.96. The van der Waals surface area contributed by atoms with Crippen molar-refractivity contribution in [2.75, 3.05) is 30.6 Å². The van der Waals surface area contributed by atoms with Gasteiger partial charge >= 0.3 is 0 Å². The molecule has 0 aliphatic rings. The molecule has 220 valence electrons. The van der Waals surface area contributed by atoms with Gasteiger partial charge in [-0.05, 0) is 68.0 Å². The second-order valence-electron chi connectivity index (χ2n) is 9.60. The number of carbonyl (C=O) groups excluding carboxylic acids is 3. The molecule has 3 N–H and O–H groups in total. The molecule has 0 saturated heterocycles. The Morgan fingerprint density at radius 3 is 2.30 bits per heavy atom. The molecular formula is C34H33N3O5S. The van der Waals surface area contributed by atoms with Crippen LogP contribution in [0.1, 0.15) is 27.0 Å². The minimum atomic E-state index is -0.538. The average Bonchev–Trinajstić information content (AvgIpc) is 3.01. The number of methoxy groups -OCH3 is 2. The molecule has 0 aliphatic carbocycles. The first-order valence-electron chi connectivity index (χ1n) is 13.5. The molecule has 0 unspecified atom stereocenters. The molecule has 0 spiro atoms. The first kappa shape index (κ1) is 30.9. The number of hydrogen-bond acceptors (Lipinski definition) is 6. The van der Waals surface area contributed by atoms with Crippen molar-refractivity contribution in [3.63, 3.8) is 0 Å². The standard InChI is InChI=1S/C34H33N3O5S/c1-22-16-17-28(23(2)18-22)36-31(38)21-43-27-14-9-13-26(20-27)35-34(40)29(37-33(39)24-10-6-5-7-11-24)19-25-12-8-15-30(41-3)32(25)42-4/h5-20H,21H2,1-4H3,(H,35,40)(H,36,38)(H,37,39)/b29-19+. The Labute approximate surface area is 255 Å². The summed E-state index contributed by atoms with van der Waals surface area (Å²) in [5.41, 5.74) is 4.35. The Morgan fingerprint density at radius 2 is 1.58 bits per heavy atom. The van der Waals surface area contributed by atoms with Gasteiger partial charge in [-0.3, -0.25) is 14.4 Å². The average molecular weight is 596 g/mol. The highest BCUT2D eigenvalue weighted by Crippen LogP contribution is 2.32. The largest absolute Gasteiger partial charge is 0.493 e. The van der Waals surface area contributed by atoms with Crippen LogP contribution < -0.4 is 25.4 Å². The highest BCUT2D eigenvalue weighted by molar-refractivity contribution is 8.00. The van der Waals surface area contributed by atoms with Gasteiger partial charge in [-0.2, -0.15) is 0 Å². The maximum Gasteiger partial charge on any atom is 0.272 e. The minimum Gasteiger partial charge on any atom is -0.493 e. The maximum absolute atomic E-state index is 13.5. The topological polar surface area (TPSA) is 106 Å². The van der Waals surface area contributed by atoms with E-state index in [1.54, 1.807) is 66.7 Å². The summed E-state index contributed by atoms with van der Waals surface area (Å²) >= 11 is 1.35. The molecule has 43 heavy (non-hydrogen) atoms. The Bertz CT molecular complexity index is 1650. The third-order valence-corrected chi connectivity index (χ3v) is 7.37. The SMILES string of the molecule is COc1cccc(/C=C(/NC(=O)c2ccccc2)C(=O)Nc2cccc(SCC(=O)Nc3ccc(C)cc3C)c2)c1OC. The van der Waals surface area contributed by atoms with Crippen molar-refractivity contribution in [2.24, 2.45) is 0 Å². The lowest BCUT2D eigenvalue weighted by molar-refractivity contribution is -0.114. The van der Waals surface area contributed by atoms with Crippen LogP contribution in [0.5, 0.6) is 11.5 Å². The lowest BCUT2D eigenvalue weighted by Gasteiger charge is -2.14. The van der Waals surface area contributed by atoms with E-state index in [-0.39, 0.29) is 17.4 Å². The third-order valence-electron chi connectivity index (χ3n) is 6.38. The zero-order valence-corrected chi connectivity index (χ0v) is 25.2. The minimum absolute atomic E-state index is 0.00584. The van der Waals surface area contributed by atoms with Crippen molar-refractivity contribution >= 4 is 46.9 Å². The Hall–Kier alpha value is -5.02. The molecule has 0 aromatic heterocycles. The summed E-state index contributed by atoms with van der Waals surface area (Å²) in [6.07, 6.45) is 1.54. The van der Waals surface area contributed by atoms with Crippen LogP contribution in [0.25, 0.3) is 6.08 Å². The van der Waals surface area contributed by atoms with E-state index in [2.05, 4.69) is 16.0 Å². The van der Waals surface area contributed by atoms with Crippen molar-refractivity contribution in [3.05, 3.63) is 119 Å². The number of anilines is 2. The second-order valence-corrected chi connectivity index (χ2v) is 10.6. The zero-order chi connectivity index (χ0) is 30.8. The highest BCUT2D eigenvalue weighted by Gasteiger charge is 2.18. The summed E-state index contributed by atoms with van der Waals surface area (Å²) in [7, 11) is 3.02. The van der Waals surface area contributed by atoms with Crippen LogP contribution in [0, 0.1) is 13.8 Å². The van der Waals surface area contributed by atoms with Crippen LogP contribution in [-0.2, 0) is 9.59 Å². The van der Waals surface area contributed by atoms with Gasteiger partial charge < -0.3 is 25.4 Å². The molecule has 0 bridgehead atoms. The third kappa shape index (κ3) is 8.50. The molecule has 0 fully saturated rings. The fourth-order valence-electron chi connectivity index (χ4n) is 4.27. The molecule has 3 amide bonds. The van der Waals surface area contributed by atoms with Crippen LogP contribution in [0.3, 0.4) is 0 Å². The van der Waals surface area contributed by atoms with Gasteiger partial charge in [-0.1, -0.05) is 54.1 Å². The fourth-order valence-corrected chi connectivity index (χ4v) is 5.03. The fraction of sp³-hybridized carbons (Fsp3) is 0.147. The van der Waals surface area contributed by atoms with Gasteiger partial charge in [0.05, 0.1) is 20.0 Å². The molecule has 0 atom stereocenters. The van der Waals surface area contributed by atoms with Crippen molar-refractivity contribution in [1.82, 2.24) is 5.32 Å². The smallest absolute Gasteiger partial charge is 0.272 e. The number of para-hydroxylation sites is 1. The van der Waals surface area contributed by atoms with E-state index in [9.17, 15) is 14.4 Å². The molecule has 0 radical (unpaired) electrons.